The molecule has 0 aliphatic carbocycles. The Balaban J connectivity index is 3.05. The molecule has 4 nitrogen and oxygen atoms in total. The number of nitrogens with zero attached hydrogens (tertiary/aromatic N) is 1. The fourth-order valence-corrected chi connectivity index (χ4v) is 2.90. The molecule has 4 heteroatoms. The van der Waals surface area contributed by atoms with Gasteiger partial charge in [-0.15, -0.1) is 0 Å². The van der Waals surface area contributed by atoms with Crippen LogP contribution >= 0.6 is 0 Å². The van der Waals surface area contributed by atoms with Crippen LogP contribution in [-0.2, 0) is 11.2 Å². The Bertz CT molecular complexity index is 458. The normalized spacial score (nSPS) is 12.5. The van der Waals surface area contributed by atoms with Crippen molar-refractivity contribution in [3.05, 3.63) is 28.8 Å². The molecule has 0 amide bonds. The maximum Gasteiger partial charge on any atom is 0.304 e. The van der Waals surface area contributed by atoms with Crippen LogP contribution in [0, 0.1) is 13.8 Å². The van der Waals surface area contributed by atoms with E-state index in [4.69, 9.17) is 4.74 Å². The van der Waals surface area contributed by atoms with Crippen LogP contribution in [0.1, 0.15) is 37.0 Å². The second kappa shape index (κ2) is 8.03. The summed E-state index contributed by atoms with van der Waals surface area (Å²) >= 11 is 0. The predicted octanol–water partition coefficient (Wildman–Crippen LogP) is 3.04. The average molecular weight is 293 g/mol. The summed E-state index contributed by atoms with van der Waals surface area (Å²) in [6, 6.07) is 4.06. The van der Waals surface area contributed by atoms with Crippen molar-refractivity contribution in [2.75, 3.05) is 20.2 Å². The lowest BCUT2D eigenvalue weighted by atomic mass is 9.94. The van der Waals surface area contributed by atoms with Gasteiger partial charge >= 0.3 is 5.97 Å². The fourth-order valence-electron chi connectivity index (χ4n) is 2.90. The molecule has 0 saturated heterocycles. The molecule has 0 aliphatic heterocycles. The van der Waals surface area contributed by atoms with Gasteiger partial charge in [-0.1, -0.05) is 13.8 Å². The highest BCUT2D eigenvalue weighted by molar-refractivity contribution is 5.67. The molecule has 0 fully saturated rings. The van der Waals surface area contributed by atoms with Gasteiger partial charge in [-0.25, -0.2) is 0 Å². The fraction of sp³-hybridized carbons (Fsp3) is 0.588. The van der Waals surface area contributed by atoms with E-state index >= 15 is 0 Å². The number of benzene rings is 1. The Morgan fingerprint density at radius 2 is 1.76 bits per heavy atom. The molecule has 1 atom stereocenters. The molecule has 1 unspecified atom stereocenters. The third kappa shape index (κ3) is 4.74. The molecule has 0 saturated carbocycles. The van der Waals surface area contributed by atoms with E-state index in [9.17, 15) is 9.90 Å². The molecule has 118 valence electrons. The van der Waals surface area contributed by atoms with Gasteiger partial charge in [-0.2, -0.15) is 0 Å². The standard InChI is InChI=1S/C17H27NO3/c1-6-18(7-2)14(11-17(19)20)10-16-12(3)8-15(21-5)9-13(16)4/h8-9,14H,6-7,10-11H2,1-5H3,(H,19,20). The van der Waals surface area contributed by atoms with Crippen molar-refractivity contribution in [3.63, 3.8) is 0 Å². The smallest absolute Gasteiger partial charge is 0.304 e. The molecule has 0 aliphatic rings. The van der Waals surface area contributed by atoms with Gasteiger partial charge in [0.1, 0.15) is 5.75 Å². The Morgan fingerprint density at radius 1 is 1.24 bits per heavy atom. The highest BCUT2D eigenvalue weighted by Gasteiger charge is 2.21. The van der Waals surface area contributed by atoms with Gasteiger partial charge < -0.3 is 14.7 Å². The molecule has 21 heavy (non-hydrogen) atoms. The Labute approximate surface area is 127 Å². The lowest BCUT2D eigenvalue weighted by molar-refractivity contribution is -0.138. The zero-order valence-corrected chi connectivity index (χ0v) is 13.8. The van der Waals surface area contributed by atoms with Gasteiger partial charge in [0.15, 0.2) is 0 Å². The number of hydrogen-bond donors (Lipinski definition) is 1. The van der Waals surface area contributed by atoms with E-state index in [-0.39, 0.29) is 12.5 Å². The molecule has 1 aromatic carbocycles. The van der Waals surface area contributed by atoms with Crippen molar-refractivity contribution < 1.29 is 14.6 Å². The molecule has 0 bridgehead atoms. The lowest BCUT2D eigenvalue weighted by Gasteiger charge is -2.29. The molecular formula is C17H27NO3. The predicted molar refractivity (Wildman–Crippen MR) is 85.1 cm³/mol. The average Bonchev–Trinajstić information content (AvgIpc) is 2.42. The number of rotatable bonds is 8. The molecule has 1 N–H and O–H groups in total. The SMILES string of the molecule is CCN(CC)C(CC(=O)O)Cc1c(C)cc(OC)cc1C. The number of aryl methyl sites for hydroxylation is 2. The van der Waals surface area contributed by atoms with Crippen LogP contribution in [0.2, 0.25) is 0 Å². The zero-order valence-electron chi connectivity index (χ0n) is 13.8. The van der Waals surface area contributed by atoms with Gasteiger partial charge in [0.2, 0.25) is 0 Å². The number of ether oxygens (including phenoxy) is 1. The Kier molecular flexibility index (Phi) is 6.69. The molecule has 0 heterocycles. The van der Waals surface area contributed by atoms with E-state index in [0.29, 0.717) is 0 Å². The van der Waals surface area contributed by atoms with Crippen LogP contribution < -0.4 is 4.74 Å². The van der Waals surface area contributed by atoms with E-state index in [1.165, 1.54) is 5.56 Å². The summed E-state index contributed by atoms with van der Waals surface area (Å²) < 4.78 is 5.29. The van der Waals surface area contributed by atoms with Gasteiger partial charge in [-0.05, 0) is 62.2 Å². The summed E-state index contributed by atoms with van der Waals surface area (Å²) in [4.78, 5) is 13.4. The summed E-state index contributed by atoms with van der Waals surface area (Å²) in [5, 5.41) is 9.18. The Morgan fingerprint density at radius 3 is 2.14 bits per heavy atom. The van der Waals surface area contributed by atoms with Crippen LogP contribution in [0.3, 0.4) is 0 Å². The first-order valence-corrected chi connectivity index (χ1v) is 7.52. The summed E-state index contributed by atoms with van der Waals surface area (Å²) in [7, 11) is 1.66. The quantitative estimate of drug-likeness (QED) is 0.800. The third-order valence-electron chi connectivity index (χ3n) is 4.08. The van der Waals surface area contributed by atoms with Crippen LogP contribution in [-0.4, -0.2) is 42.2 Å². The van der Waals surface area contributed by atoms with Crippen molar-refractivity contribution in [1.29, 1.82) is 0 Å². The minimum Gasteiger partial charge on any atom is -0.497 e. The molecule has 0 spiro atoms. The minimum absolute atomic E-state index is 0.0308. The second-order valence-corrected chi connectivity index (χ2v) is 5.42. The topological polar surface area (TPSA) is 49.8 Å². The maximum absolute atomic E-state index is 11.2. The summed E-state index contributed by atoms with van der Waals surface area (Å²) in [6.45, 7) is 10.00. The lowest BCUT2D eigenvalue weighted by Crippen LogP contribution is -2.38. The molecule has 1 rings (SSSR count). The molecule has 0 aromatic heterocycles. The number of carboxylic acids is 1. The van der Waals surface area contributed by atoms with Gasteiger partial charge in [-0.3, -0.25) is 4.79 Å². The highest BCUT2D eigenvalue weighted by atomic mass is 16.5. The van der Waals surface area contributed by atoms with Crippen LogP contribution in [0.15, 0.2) is 12.1 Å². The first-order chi connectivity index (χ1) is 9.92. The zero-order chi connectivity index (χ0) is 16.0. The number of carbonyl (C=O) groups is 1. The number of aliphatic carboxylic acids is 1. The third-order valence-corrected chi connectivity index (χ3v) is 4.08. The first kappa shape index (κ1) is 17.5. The van der Waals surface area contributed by atoms with Crippen LogP contribution in [0.25, 0.3) is 0 Å². The minimum atomic E-state index is -0.740. The molecule has 0 radical (unpaired) electrons. The van der Waals surface area contributed by atoms with Crippen molar-refractivity contribution >= 4 is 5.97 Å². The van der Waals surface area contributed by atoms with Gasteiger partial charge in [0, 0.05) is 6.04 Å². The number of likely N-dealkylation sites (N-methyl/N-ethyl adjacent to an activating group) is 1. The van der Waals surface area contributed by atoms with E-state index in [1.54, 1.807) is 7.11 Å². The van der Waals surface area contributed by atoms with Crippen molar-refractivity contribution in [3.8, 4) is 5.75 Å². The van der Waals surface area contributed by atoms with Crippen LogP contribution in [0.4, 0.5) is 0 Å². The van der Waals surface area contributed by atoms with E-state index < -0.39 is 5.97 Å². The van der Waals surface area contributed by atoms with Crippen molar-refractivity contribution in [2.45, 2.75) is 46.6 Å². The molecular weight excluding hydrogens is 266 g/mol. The van der Waals surface area contributed by atoms with E-state index in [2.05, 4.69) is 32.6 Å². The van der Waals surface area contributed by atoms with E-state index in [0.717, 1.165) is 36.4 Å². The first-order valence-electron chi connectivity index (χ1n) is 7.52. The monoisotopic (exact) mass is 293 g/mol. The van der Waals surface area contributed by atoms with Crippen molar-refractivity contribution in [1.82, 2.24) is 4.90 Å². The number of carboxylic acid groups (broad SMARTS) is 1. The van der Waals surface area contributed by atoms with Gasteiger partial charge in [0.25, 0.3) is 0 Å². The largest absolute Gasteiger partial charge is 0.497 e. The summed E-state index contributed by atoms with van der Waals surface area (Å²) in [5.41, 5.74) is 3.55. The van der Waals surface area contributed by atoms with Gasteiger partial charge in [0.05, 0.1) is 13.5 Å². The Hall–Kier alpha value is -1.55. The highest BCUT2D eigenvalue weighted by Crippen LogP contribution is 2.24. The summed E-state index contributed by atoms with van der Waals surface area (Å²) in [5.74, 6) is 0.113. The summed E-state index contributed by atoms with van der Waals surface area (Å²) in [6.07, 6.45) is 0.933. The van der Waals surface area contributed by atoms with Crippen LogP contribution in [0.5, 0.6) is 5.75 Å². The van der Waals surface area contributed by atoms with E-state index in [1.807, 2.05) is 12.1 Å². The number of hydrogen-bond acceptors (Lipinski definition) is 3. The second-order valence-electron chi connectivity index (χ2n) is 5.42. The maximum atomic E-state index is 11.2. The molecule has 1 aromatic rings. The van der Waals surface area contributed by atoms with Crippen molar-refractivity contribution in [2.24, 2.45) is 0 Å². The number of methoxy groups -OCH3 is 1.